The SMILES string of the molecule is COc1ccc(OCCCC(=O)O[C@H](C)C(=O)c2c[nH]c3ccccc23)cc1. The Bertz CT molecular complexity index is 945. The second-order valence-corrected chi connectivity index (χ2v) is 6.37. The normalized spacial score (nSPS) is 11.8. The average molecular weight is 381 g/mol. The molecule has 3 aromatic rings. The molecular weight excluding hydrogens is 358 g/mol. The van der Waals surface area contributed by atoms with Crippen molar-refractivity contribution in [3.8, 4) is 11.5 Å². The van der Waals surface area contributed by atoms with E-state index in [2.05, 4.69) is 4.98 Å². The number of benzene rings is 2. The van der Waals surface area contributed by atoms with Gasteiger partial charge in [-0.15, -0.1) is 0 Å². The fourth-order valence-corrected chi connectivity index (χ4v) is 2.88. The zero-order valence-electron chi connectivity index (χ0n) is 15.9. The van der Waals surface area contributed by atoms with Crippen LogP contribution in [-0.4, -0.2) is 36.6 Å². The van der Waals surface area contributed by atoms with E-state index in [1.165, 1.54) is 0 Å². The predicted octanol–water partition coefficient (Wildman–Crippen LogP) is 4.15. The summed E-state index contributed by atoms with van der Waals surface area (Å²) in [5.74, 6) is 0.820. The van der Waals surface area contributed by atoms with E-state index in [9.17, 15) is 9.59 Å². The average Bonchev–Trinajstić information content (AvgIpc) is 3.15. The molecule has 0 fully saturated rings. The monoisotopic (exact) mass is 381 g/mol. The fourth-order valence-electron chi connectivity index (χ4n) is 2.88. The van der Waals surface area contributed by atoms with Gasteiger partial charge in [0, 0.05) is 29.1 Å². The van der Waals surface area contributed by atoms with E-state index in [0.717, 1.165) is 16.7 Å². The van der Waals surface area contributed by atoms with E-state index in [1.54, 1.807) is 32.4 Å². The number of hydrogen-bond acceptors (Lipinski definition) is 5. The number of rotatable bonds is 9. The van der Waals surface area contributed by atoms with Gasteiger partial charge < -0.3 is 19.2 Å². The minimum Gasteiger partial charge on any atom is -0.497 e. The Kier molecular flexibility index (Phi) is 6.32. The molecule has 0 unspecified atom stereocenters. The lowest BCUT2D eigenvalue weighted by Crippen LogP contribution is -2.24. The van der Waals surface area contributed by atoms with Crippen LogP contribution in [0.3, 0.4) is 0 Å². The summed E-state index contributed by atoms with van der Waals surface area (Å²) in [6.45, 7) is 1.97. The second kappa shape index (κ2) is 9.08. The van der Waals surface area contributed by atoms with E-state index in [0.29, 0.717) is 24.3 Å². The largest absolute Gasteiger partial charge is 0.497 e. The van der Waals surface area contributed by atoms with Gasteiger partial charge in [0.2, 0.25) is 5.78 Å². The summed E-state index contributed by atoms with van der Waals surface area (Å²) in [6.07, 6.45) is 1.50. The van der Waals surface area contributed by atoms with Crippen LogP contribution in [0, 0.1) is 0 Å². The Balaban J connectivity index is 1.44. The summed E-state index contributed by atoms with van der Waals surface area (Å²) in [6, 6.07) is 14.7. The number of hydrogen-bond donors (Lipinski definition) is 1. The first-order valence-electron chi connectivity index (χ1n) is 9.15. The standard InChI is InChI=1S/C22H23NO5/c1-15(22(25)19-14-23-20-7-4-3-6-18(19)20)28-21(24)8-5-13-27-17-11-9-16(26-2)10-12-17/h3-4,6-7,9-12,14-15,23H,5,8,13H2,1-2H3/t15-/m1/s1. The van der Waals surface area contributed by atoms with Crippen LogP contribution in [0.4, 0.5) is 0 Å². The first-order valence-corrected chi connectivity index (χ1v) is 9.15. The van der Waals surface area contributed by atoms with Gasteiger partial charge in [0.25, 0.3) is 0 Å². The molecule has 0 radical (unpaired) electrons. The van der Waals surface area contributed by atoms with Crippen molar-refractivity contribution >= 4 is 22.7 Å². The van der Waals surface area contributed by atoms with Crippen LogP contribution in [0.15, 0.2) is 54.7 Å². The molecule has 0 saturated heterocycles. The zero-order valence-corrected chi connectivity index (χ0v) is 15.9. The molecule has 6 heteroatoms. The molecule has 0 spiro atoms. The summed E-state index contributed by atoms with van der Waals surface area (Å²) in [4.78, 5) is 27.7. The number of nitrogens with one attached hydrogen (secondary N) is 1. The number of aromatic amines is 1. The number of ketones is 1. The number of esters is 1. The van der Waals surface area contributed by atoms with E-state index in [4.69, 9.17) is 14.2 Å². The highest BCUT2D eigenvalue weighted by atomic mass is 16.5. The Labute approximate surface area is 163 Å². The maximum absolute atomic E-state index is 12.6. The van der Waals surface area contributed by atoms with E-state index in [-0.39, 0.29) is 12.2 Å². The van der Waals surface area contributed by atoms with Crippen LogP contribution >= 0.6 is 0 Å². The highest BCUT2D eigenvalue weighted by molar-refractivity contribution is 6.10. The molecular formula is C22H23NO5. The van der Waals surface area contributed by atoms with E-state index in [1.807, 2.05) is 36.4 Å². The predicted molar refractivity (Wildman–Crippen MR) is 106 cm³/mol. The van der Waals surface area contributed by atoms with E-state index < -0.39 is 12.1 Å². The van der Waals surface area contributed by atoms with E-state index >= 15 is 0 Å². The van der Waals surface area contributed by atoms with Crippen LogP contribution in [0.2, 0.25) is 0 Å². The highest BCUT2D eigenvalue weighted by Crippen LogP contribution is 2.20. The number of Topliss-reactive ketones (excluding diaryl/α,β-unsaturated/α-hetero) is 1. The molecule has 0 aliphatic carbocycles. The van der Waals surface area contributed by atoms with Gasteiger partial charge in [0.1, 0.15) is 11.5 Å². The number of fused-ring (bicyclic) bond motifs is 1. The molecule has 146 valence electrons. The third-order valence-electron chi connectivity index (χ3n) is 4.39. The van der Waals surface area contributed by atoms with Crippen LogP contribution in [-0.2, 0) is 9.53 Å². The van der Waals surface area contributed by atoms with Gasteiger partial charge in [-0.3, -0.25) is 9.59 Å². The quantitative estimate of drug-likeness (QED) is 0.342. The molecule has 0 aliphatic rings. The summed E-state index contributed by atoms with van der Waals surface area (Å²) >= 11 is 0. The molecule has 0 aliphatic heterocycles. The molecule has 0 saturated carbocycles. The van der Waals surface area contributed by atoms with Gasteiger partial charge in [-0.25, -0.2) is 0 Å². The van der Waals surface area contributed by atoms with Crippen molar-refractivity contribution in [2.75, 3.05) is 13.7 Å². The lowest BCUT2D eigenvalue weighted by atomic mass is 10.1. The van der Waals surface area contributed by atoms with Crippen molar-refractivity contribution < 1.29 is 23.8 Å². The molecule has 2 aromatic carbocycles. The maximum atomic E-state index is 12.6. The first-order chi connectivity index (χ1) is 13.6. The second-order valence-electron chi connectivity index (χ2n) is 6.37. The van der Waals surface area contributed by atoms with Crippen LogP contribution in [0.25, 0.3) is 10.9 Å². The first kappa shape index (κ1) is 19.5. The van der Waals surface area contributed by atoms with Crippen LogP contribution < -0.4 is 9.47 Å². The Morgan fingerprint density at radius 1 is 1.04 bits per heavy atom. The Morgan fingerprint density at radius 3 is 2.50 bits per heavy atom. The number of ether oxygens (including phenoxy) is 3. The minimum atomic E-state index is -0.839. The number of carbonyl (C=O) groups excluding carboxylic acids is 2. The van der Waals surface area contributed by atoms with Crippen molar-refractivity contribution in [3.63, 3.8) is 0 Å². The van der Waals surface area contributed by atoms with Gasteiger partial charge in [-0.1, -0.05) is 18.2 Å². The van der Waals surface area contributed by atoms with Crippen molar-refractivity contribution in [1.29, 1.82) is 0 Å². The Morgan fingerprint density at radius 2 is 1.75 bits per heavy atom. The number of H-pyrrole nitrogens is 1. The number of para-hydroxylation sites is 1. The third kappa shape index (κ3) is 4.71. The smallest absolute Gasteiger partial charge is 0.306 e. The zero-order chi connectivity index (χ0) is 19.9. The van der Waals surface area contributed by atoms with Gasteiger partial charge in [0.15, 0.2) is 6.10 Å². The van der Waals surface area contributed by atoms with Crippen molar-refractivity contribution in [2.24, 2.45) is 0 Å². The van der Waals surface area contributed by atoms with Gasteiger partial charge in [0.05, 0.1) is 13.7 Å². The molecule has 0 bridgehead atoms. The van der Waals surface area contributed by atoms with Crippen LogP contribution in [0.1, 0.15) is 30.1 Å². The fraction of sp³-hybridized carbons (Fsp3) is 0.273. The number of carbonyl (C=O) groups is 2. The highest BCUT2D eigenvalue weighted by Gasteiger charge is 2.22. The molecule has 1 heterocycles. The summed E-state index contributed by atoms with van der Waals surface area (Å²) in [5, 5.41) is 0.822. The summed E-state index contributed by atoms with van der Waals surface area (Å²) in [5.41, 5.74) is 1.40. The summed E-state index contributed by atoms with van der Waals surface area (Å²) < 4.78 is 16.0. The van der Waals surface area contributed by atoms with Crippen molar-refractivity contribution in [2.45, 2.75) is 25.9 Å². The number of aromatic nitrogens is 1. The van der Waals surface area contributed by atoms with Crippen molar-refractivity contribution in [3.05, 3.63) is 60.3 Å². The molecule has 6 nitrogen and oxygen atoms in total. The summed E-state index contributed by atoms with van der Waals surface area (Å²) in [7, 11) is 1.60. The molecule has 1 atom stereocenters. The topological polar surface area (TPSA) is 77.6 Å². The lowest BCUT2D eigenvalue weighted by Gasteiger charge is -2.12. The van der Waals surface area contributed by atoms with Gasteiger partial charge in [-0.05, 0) is 43.7 Å². The van der Waals surface area contributed by atoms with Gasteiger partial charge >= 0.3 is 5.97 Å². The molecule has 1 aromatic heterocycles. The maximum Gasteiger partial charge on any atom is 0.306 e. The number of methoxy groups -OCH3 is 1. The minimum absolute atomic E-state index is 0.182. The molecule has 0 amide bonds. The van der Waals surface area contributed by atoms with Gasteiger partial charge in [-0.2, -0.15) is 0 Å². The Hall–Kier alpha value is -3.28. The molecule has 1 N–H and O–H groups in total. The van der Waals surface area contributed by atoms with Crippen LogP contribution in [0.5, 0.6) is 11.5 Å². The molecule has 28 heavy (non-hydrogen) atoms. The molecule has 3 rings (SSSR count). The van der Waals surface area contributed by atoms with Crippen molar-refractivity contribution in [1.82, 2.24) is 4.98 Å². The lowest BCUT2D eigenvalue weighted by molar-refractivity contribution is -0.146. The third-order valence-corrected chi connectivity index (χ3v) is 4.39.